The molecular weight excluding hydrogens is 238 g/mol. The van der Waals surface area contributed by atoms with Gasteiger partial charge in [-0.05, 0) is 35.2 Å². The van der Waals surface area contributed by atoms with E-state index >= 15 is 0 Å². The molecule has 0 fully saturated rings. The molecule has 2 N–H and O–H groups in total. The van der Waals surface area contributed by atoms with Crippen molar-refractivity contribution in [3.05, 3.63) is 59.4 Å². The summed E-state index contributed by atoms with van der Waals surface area (Å²) >= 11 is 0. The number of phenolic OH excluding ortho intramolecular Hbond substituents is 1. The van der Waals surface area contributed by atoms with Crippen LogP contribution in [0.25, 0.3) is 0 Å². The van der Waals surface area contributed by atoms with Crippen LogP contribution in [-0.4, -0.2) is 15.2 Å². The van der Waals surface area contributed by atoms with Gasteiger partial charge in [-0.3, -0.25) is 4.98 Å². The Bertz CT molecular complexity index is 559. The summed E-state index contributed by atoms with van der Waals surface area (Å²) < 4.78 is 0. The fourth-order valence-electron chi connectivity index (χ4n) is 1.94. The van der Waals surface area contributed by atoms with Crippen molar-refractivity contribution in [2.24, 2.45) is 0 Å². The highest BCUT2D eigenvalue weighted by Gasteiger charge is 2.20. The van der Waals surface area contributed by atoms with Gasteiger partial charge >= 0.3 is 0 Å². The monoisotopic (exact) mass is 257 g/mol. The van der Waals surface area contributed by atoms with Gasteiger partial charge in [0.1, 0.15) is 11.9 Å². The Morgan fingerprint density at radius 3 is 2.42 bits per heavy atom. The fraction of sp³-hybridized carbons (Fsp3) is 0.312. The van der Waals surface area contributed by atoms with E-state index in [2.05, 4.69) is 25.8 Å². The van der Waals surface area contributed by atoms with Crippen LogP contribution in [0.4, 0.5) is 0 Å². The van der Waals surface area contributed by atoms with Gasteiger partial charge in [-0.15, -0.1) is 0 Å². The number of aliphatic hydroxyl groups is 1. The number of phenols is 1. The normalized spacial score (nSPS) is 13.3. The summed E-state index contributed by atoms with van der Waals surface area (Å²) in [6.07, 6.45) is 0.715. The molecule has 0 saturated carbocycles. The predicted octanol–water partition coefficient (Wildman–Crippen LogP) is 3.17. The van der Waals surface area contributed by atoms with Crippen LogP contribution in [0.2, 0.25) is 0 Å². The zero-order chi connectivity index (χ0) is 14.0. The molecule has 1 aromatic carbocycles. The highest BCUT2D eigenvalue weighted by atomic mass is 16.3. The molecule has 100 valence electrons. The van der Waals surface area contributed by atoms with Crippen LogP contribution in [0.1, 0.15) is 43.7 Å². The first-order valence-electron chi connectivity index (χ1n) is 6.32. The van der Waals surface area contributed by atoms with Gasteiger partial charge < -0.3 is 10.2 Å². The fourth-order valence-corrected chi connectivity index (χ4v) is 1.94. The third-order valence-electron chi connectivity index (χ3n) is 3.16. The first kappa shape index (κ1) is 13.6. The third kappa shape index (κ3) is 2.93. The standard InChI is InChI=1S/C16H19NO2/c1-16(2,3)11-7-8-14(18)12(10-11)15(19)13-6-4-5-9-17-13/h4-10,15,18-19H,1-3H3/t15-/m1/s1. The Balaban J connectivity index is 2.45. The number of rotatable bonds is 2. The van der Waals surface area contributed by atoms with E-state index in [0.29, 0.717) is 11.3 Å². The molecule has 3 nitrogen and oxygen atoms in total. The van der Waals surface area contributed by atoms with Gasteiger partial charge in [0.25, 0.3) is 0 Å². The average Bonchev–Trinajstić information content (AvgIpc) is 2.38. The van der Waals surface area contributed by atoms with Gasteiger partial charge in [-0.2, -0.15) is 0 Å². The van der Waals surface area contributed by atoms with Gasteiger partial charge in [0.2, 0.25) is 0 Å². The number of benzene rings is 1. The van der Waals surface area contributed by atoms with E-state index in [4.69, 9.17) is 0 Å². The van der Waals surface area contributed by atoms with Crippen LogP contribution in [-0.2, 0) is 5.41 Å². The molecule has 0 spiro atoms. The summed E-state index contributed by atoms with van der Waals surface area (Å²) in [7, 11) is 0. The first-order valence-corrected chi connectivity index (χ1v) is 6.32. The number of hydrogen-bond acceptors (Lipinski definition) is 3. The smallest absolute Gasteiger partial charge is 0.125 e. The molecule has 0 saturated heterocycles. The minimum absolute atomic E-state index is 0.0354. The molecule has 19 heavy (non-hydrogen) atoms. The van der Waals surface area contributed by atoms with Crippen molar-refractivity contribution in [3.8, 4) is 5.75 Å². The lowest BCUT2D eigenvalue weighted by molar-refractivity contribution is 0.210. The van der Waals surface area contributed by atoms with Crippen molar-refractivity contribution in [2.45, 2.75) is 32.3 Å². The maximum absolute atomic E-state index is 10.3. The second-order valence-corrected chi connectivity index (χ2v) is 5.68. The van der Waals surface area contributed by atoms with Crippen LogP contribution < -0.4 is 0 Å². The Morgan fingerprint density at radius 2 is 1.84 bits per heavy atom. The molecule has 0 aliphatic heterocycles. The van der Waals surface area contributed by atoms with E-state index in [-0.39, 0.29) is 11.2 Å². The molecule has 0 unspecified atom stereocenters. The van der Waals surface area contributed by atoms with Gasteiger partial charge in [-0.25, -0.2) is 0 Å². The summed E-state index contributed by atoms with van der Waals surface area (Å²) in [6.45, 7) is 6.28. The van der Waals surface area contributed by atoms with Crippen LogP contribution in [0.3, 0.4) is 0 Å². The van der Waals surface area contributed by atoms with Crippen molar-refractivity contribution in [1.29, 1.82) is 0 Å². The van der Waals surface area contributed by atoms with Crippen LogP contribution in [0, 0.1) is 0 Å². The van der Waals surface area contributed by atoms with E-state index < -0.39 is 6.10 Å². The van der Waals surface area contributed by atoms with Gasteiger partial charge in [0.15, 0.2) is 0 Å². The highest BCUT2D eigenvalue weighted by molar-refractivity contribution is 5.42. The topological polar surface area (TPSA) is 53.4 Å². The van der Waals surface area contributed by atoms with E-state index in [1.807, 2.05) is 18.2 Å². The molecular formula is C16H19NO2. The lowest BCUT2D eigenvalue weighted by atomic mass is 9.85. The lowest BCUT2D eigenvalue weighted by Gasteiger charge is -2.21. The number of pyridine rings is 1. The molecule has 1 heterocycles. The Morgan fingerprint density at radius 1 is 1.11 bits per heavy atom. The van der Waals surface area contributed by atoms with Gasteiger partial charge in [-0.1, -0.05) is 32.9 Å². The molecule has 3 heteroatoms. The number of aliphatic hydroxyl groups excluding tert-OH is 1. The van der Waals surface area contributed by atoms with Gasteiger partial charge in [0.05, 0.1) is 5.69 Å². The zero-order valence-electron chi connectivity index (χ0n) is 11.5. The molecule has 0 aliphatic rings. The highest BCUT2D eigenvalue weighted by Crippen LogP contribution is 2.32. The third-order valence-corrected chi connectivity index (χ3v) is 3.16. The van der Waals surface area contributed by atoms with E-state index in [1.54, 1.807) is 24.4 Å². The van der Waals surface area contributed by atoms with Crippen LogP contribution >= 0.6 is 0 Å². The maximum atomic E-state index is 10.3. The SMILES string of the molecule is CC(C)(C)c1ccc(O)c([C@@H](O)c2ccccn2)c1. The Labute approximate surface area is 113 Å². The second kappa shape index (κ2) is 5.02. The maximum Gasteiger partial charge on any atom is 0.125 e. The molecule has 1 aromatic heterocycles. The summed E-state index contributed by atoms with van der Waals surface area (Å²) in [5.74, 6) is 0.0890. The average molecular weight is 257 g/mol. The summed E-state index contributed by atoms with van der Waals surface area (Å²) in [4.78, 5) is 4.13. The summed E-state index contributed by atoms with van der Waals surface area (Å²) in [5, 5.41) is 20.3. The molecule has 2 rings (SSSR count). The van der Waals surface area contributed by atoms with E-state index in [9.17, 15) is 10.2 Å². The quantitative estimate of drug-likeness (QED) is 0.868. The summed E-state index contributed by atoms with van der Waals surface area (Å²) in [6, 6.07) is 10.7. The minimum Gasteiger partial charge on any atom is -0.508 e. The molecule has 0 bridgehead atoms. The van der Waals surface area contributed by atoms with Crippen molar-refractivity contribution in [2.75, 3.05) is 0 Å². The van der Waals surface area contributed by atoms with Crippen LogP contribution in [0.15, 0.2) is 42.6 Å². The lowest BCUT2D eigenvalue weighted by Crippen LogP contribution is -2.12. The van der Waals surface area contributed by atoms with E-state index in [1.165, 1.54) is 0 Å². The van der Waals surface area contributed by atoms with E-state index in [0.717, 1.165) is 5.56 Å². The molecule has 0 amide bonds. The minimum atomic E-state index is -0.913. The number of aromatic hydroxyl groups is 1. The molecule has 0 aliphatic carbocycles. The Kier molecular flexibility index (Phi) is 3.58. The van der Waals surface area contributed by atoms with Crippen LogP contribution in [0.5, 0.6) is 5.75 Å². The first-order chi connectivity index (χ1) is 8.89. The van der Waals surface area contributed by atoms with Crippen molar-refractivity contribution in [3.63, 3.8) is 0 Å². The second-order valence-electron chi connectivity index (χ2n) is 5.68. The summed E-state index contributed by atoms with van der Waals surface area (Å²) in [5.41, 5.74) is 2.05. The predicted molar refractivity (Wildman–Crippen MR) is 75.1 cm³/mol. The van der Waals surface area contributed by atoms with Crippen molar-refractivity contribution in [1.82, 2.24) is 4.98 Å². The Hall–Kier alpha value is -1.87. The number of nitrogens with zero attached hydrogens (tertiary/aromatic N) is 1. The number of aromatic nitrogens is 1. The number of hydrogen-bond donors (Lipinski definition) is 2. The largest absolute Gasteiger partial charge is 0.508 e. The molecule has 2 aromatic rings. The van der Waals surface area contributed by atoms with Gasteiger partial charge in [0, 0.05) is 11.8 Å². The molecule has 0 radical (unpaired) electrons. The molecule has 1 atom stereocenters. The van der Waals surface area contributed by atoms with Crippen molar-refractivity contribution < 1.29 is 10.2 Å². The van der Waals surface area contributed by atoms with Crippen molar-refractivity contribution >= 4 is 0 Å². The zero-order valence-corrected chi connectivity index (χ0v) is 11.5.